The minimum atomic E-state index is -0.409. The summed E-state index contributed by atoms with van der Waals surface area (Å²) in [5, 5.41) is 4.56. The molecule has 0 aliphatic heterocycles. The summed E-state index contributed by atoms with van der Waals surface area (Å²) in [6, 6.07) is 14.8. The van der Waals surface area contributed by atoms with Crippen LogP contribution in [0.3, 0.4) is 0 Å². The van der Waals surface area contributed by atoms with Gasteiger partial charge in [0.1, 0.15) is 0 Å². The van der Waals surface area contributed by atoms with Gasteiger partial charge in [0.05, 0.1) is 11.0 Å². The van der Waals surface area contributed by atoms with Crippen molar-refractivity contribution in [1.82, 2.24) is 0 Å². The van der Waals surface area contributed by atoms with Crippen LogP contribution < -0.4 is 0 Å². The van der Waals surface area contributed by atoms with Gasteiger partial charge in [0.15, 0.2) is 0 Å². The normalized spacial score (nSPS) is 15.5. The maximum atomic E-state index is 8.84. The highest BCUT2D eigenvalue weighted by molar-refractivity contribution is 9.10. The monoisotopic (exact) mass is 440 g/mol. The van der Waals surface area contributed by atoms with Gasteiger partial charge in [0, 0.05) is 4.47 Å². The van der Waals surface area contributed by atoms with Crippen LogP contribution in [-0.4, -0.2) is 0 Å². The van der Waals surface area contributed by atoms with Crippen LogP contribution in [0.1, 0.15) is 11.0 Å². The average Bonchev–Trinajstić information content (AvgIpc) is 2.91. The van der Waals surface area contributed by atoms with E-state index in [1.54, 1.807) is 0 Å². The molecule has 0 unspecified atom stereocenters. The lowest BCUT2D eigenvalue weighted by molar-refractivity contribution is 1.70. The van der Waals surface area contributed by atoms with E-state index in [0.717, 1.165) is 21.5 Å². The third-order valence-electron chi connectivity index (χ3n) is 5.37. The quantitative estimate of drug-likeness (QED) is 0.177. The molecule has 0 aliphatic carbocycles. The van der Waals surface area contributed by atoms with Gasteiger partial charge in [-0.2, -0.15) is 0 Å². The molecule has 1 heteroatoms. The van der Waals surface area contributed by atoms with Crippen LogP contribution in [0.5, 0.6) is 0 Å². The minimum absolute atomic E-state index is 0.177. The van der Waals surface area contributed by atoms with Crippen molar-refractivity contribution >= 4 is 59.0 Å². The zero-order valence-corrected chi connectivity index (χ0v) is 16.7. The second-order valence-corrected chi connectivity index (χ2v) is 7.67. The van der Waals surface area contributed by atoms with Gasteiger partial charge in [-0.05, 0) is 70.1 Å². The van der Waals surface area contributed by atoms with Crippen molar-refractivity contribution < 1.29 is 11.0 Å². The average molecular weight is 441 g/mol. The summed E-state index contributed by atoms with van der Waals surface area (Å²) < 4.78 is 68.6. The predicted octanol–water partition coefficient (Wildman–Crippen LogP) is 8.73. The zero-order chi connectivity index (χ0) is 26.3. The molecule has 0 saturated carbocycles. The Bertz CT molecular complexity index is 1900. The van der Waals surface area contributed by atoms with E-state index in [1.807, 2.05) is 54.6 Å². The van der Waals surface area contributed by atoms with E-state index in [2.05, 4.69) is 15.9 Å². The van der Waals surface area contributed by atoms with Crippen LogP contribution in [0.4, 0.5) is 0 Å². The molecule has 6 aromatic carbocycles. The van der Waals surface area contributed by atoms with Gasteiger partial charge in [0.25, 0.3) is 0 Å². The number of halogens is 1. The van der Waals surface area contributed by atoms with Crippen LogP contribution in [0, 0.1) is 0 Å². The largest absolute Gasteiger partial charge is 0.0630 e. The van der Waals surface area contributed by atoms with Crippen molar-refractivity contribution in [3.05, 3.63) is 107 Å². The number of hydrogen-bond donors (Lipinski definition) is 0. The lowest BCUT2D eigenvalue weighted by Crippen LogP contribution is -1.89. The van der Waals surface area contributed by atoms with Gasteiger partial charge in [-0.1, -0.05) is 103 Å². The highest BCUT2D eigenvalue weighted by Gasteiger charge is 2.15. The summed E-state index contributed by atoms with van der Waals surface area (Å²) in [6.45, 7) is 0. The summed E-state index contributed by atoms with van der Waals surface area (Å²) in [5.41, 5.74) is 0.980. The molecule has 0 aromatic heterocycles. The minimum Gasteiger partial charge on any atom is -0.0616 e. The van der Waals surface area contributed by atoms with Gasteiger partial charge in [-0.25, -0.2) is 0 Å². The van der Waals surface area contributed by atoms with Crippen LogP contribution in [0.25, 0.3) is 54.2 Å². The molecule has 0 fully saturated rings. The van der Waals surface area contributed by atoms with Gasteiger partial charge >= 0.3 is 0 Å². The SMILES string of the molecule is [2H]c1c([2H])c([2H])c2c(-c3cccc4c3ccc3ccccc34)c3c([2H])c([2H])c([2H])c([2H])c3c(Br)c2c1[2H]. The molecule has 0 saturated heterocycles. The van der Waals surface area contributed by atoms with Gasteiger partial charge < -0.3 is 0 Å². The van der Waals surface area contributed by atoms with Gasteiger partial charge in [0.2, 0.25) is 0 Å². The first kappa shape index (κ1) is 10.6. The molecule has 0 bridgehead atoms. The third-order valence-corrected chi connectivity index (χ3v) is 6.16. The van der Waals surface area contributed by atoms with E-state index in [-0.39, 0.29) is 50.2 Å². The molecule has 0 atom stereocenters. The van der Waals surface area contributed by atoms with E-state index in [0.29, 0.717) is 11.1 Å². The fourth-order valence-corrected chi connectivity index (χ4v) is 4.70. The van der Waals surface area contributed by atoms with Crippen LogP contribution in [0.2, 0.25) is 0 Å². The number of rotatable bonds is 1. The van der Waals surface area contributed by atoms with E-state index in [1.165, 1.54) is 0 Å². The molecule has 0 aliphatic rings. The van der Waals surface area contributed by atoms with E-state index < -0.39 is 24.2 Å². The van der Waals surface area contributed by atoms with Crippen LogP contribution >= 0.6 is 15.9 Å². The molecule has 136 valence electrons. The van der Waals surface area contributed by atoms with Gasteiger partial charge in [-0.15, -0.1) is 0 Å². The fourth-order valence-electron chi connectivity index (χ4n) is 4.11. The maximum absolute atomic E-state index is 8.84. The Balaban J connectivity index is 1.98. The standard InChI is InChI=1S/C28H17Br/c29-28-25-12-5-3-10-23(25)27(24-11-4-6-13-26(24)28)22-15-7-14-20-19-9-2-1-8-18(19)16-17-21(20)22/h1-17H/i3D,4D,5D,6D,10D,11D,12D,13D. The first-order valence-corrected chi connectivity index (χ1v) is 9.96. The molecular weight excluding hydrogens is 416 g/mol. The molecule has 6 rings (SSSR count). The molecule has 0 amide bonds. The van der Waals surface area contributed by atoms with Crippen LogP contribution in [-0.2, 0) is 0 Å². The molecular formula is C28H17Br. The van der Waals surface area contributed by atoms with Crippen LogP contribution in [0.15, 0.2) is 107 Å². The highest BCUT2D eigenvalue weighted by Crippen LogP contribution is 2.44. The Morgan fingerprint density at radius 3 is 1.86 bits per heavy atom. The molecule has 0 nitrogen and oxygen atoms in total. The summed E-state index contributed by atoms with van der Waals surface area (Å²) in [5.74, 6) is 0. The van der Waals surface area contributed by atoms with E-state index >= 15 is 0 Å². The maximum Gasteiger partial charge on any atom is 0.0630 e. The summed E-state index contributed by atoms with van der Waals surface area (Å²) >= 11 is 3.46. The first-order chi connectivity index (χ1) is 17.6. The molecule has 0 radical (unpaired) electrons. The summed E-state index contributed by atoms with van der Waals surface area (Å²) in [6.07, 6.45) is 0. The molecule has 6 aromatic rings. The zero-order valence-electron chi connectivity index (χ0n) is 23.1. The van der Waals surface area contributed by atoms with Crippen molar-refractivity contribution in [2.45, 2.75) is 0 Å². The number of benzene rings is 6. The topological polar surface area (TPSA) is 0 Å². The first-order valence-electron chi connectivity index (χ1n) is 13.2. The summed E-state index contributed by atoms with van der Waals surface area (Å²) in [7, 11) is 0. The summed E-state index contributed by atoms with van der Waals surface area (Å²) in [4.78, 5) is 0. The molecule has 0 spiro atoms. The third kappa shape index (κ3) is 2.44. The Morgan fingerprint density at radius 1 is 0.517 bits per heavy atom. The number of hydrogen-bond acceptors (Lipinski definition) is 0. The van der Waals surface area contributed by atoms with E-state index in [4.69, 9.17) is 11.0 Å². The van der Waals surface area contributed by atoms with Gasteiger partial charge in [-0.3, -0.25) is 0 Å². The van der Waals surface area contributed by atoms with E-state index in [9.17, 15) is 0 Å². The fraction of sp³-hybridized carbons (Fsp3) is 0. The Kier molecular flexibility index (Phi) is 2.35. The Labute approximate surface area is 188 Å². The molecule has 29 heavy (non-hydrogen) atoms. The smallest absolute Gasteiger partial charge is 0.0616 e. The highest BCUT2D eigenvalue weighted by atomic mass is 79.9. The Morgan fingerprint density at radius 2 is 1.14 bits per heavy atom. The lowest BCUT2D eigenvalue weighted by Gasteiger charge is -2.16. The van der Waals surface area contributed by atoms with Crippen molar-refractivity contribution in [1.29, 1.82) is 0 Å². The predicted molar refractivity (Wildman–Crippen MR) is 130 cm³/mol. The Hall–Kier alpha value is -3.16. The molecule has 0 N–H and O–H groups in total. The van der Waals surface area contributed by atoms with Crippen molar-refractivity contribution in [3.63, 3.8) is 0 Å². The second-order valence-electron chi connectivity index (χ2n) is 6.88. The van der Waals surface area contributed by atoms with Crippen molar-refractivity contribution in [2.75, 3.05) is 0 Å². The van der Waals surface area contributed by atoms with Crippen molar-refractivity contribution in [2.24, 2.45) is 0 Å². The second kappa shape index (κ2) is 6.43. The number of fused-ring (bicyclic) bond motifs is 5. The lowest BCUT2D eigenvalue weighted by atomic mass is 9.88. The van der Waals surface area contributed by atoms with Crippen molar-refractivity contribution in [3.8, 4) is 11.1 Å². The molecule has 0 heterocycles.